The van der Waals surface area contributed by atoms with Crippen LogP contribution in [0.1, 0.15) is 0 Å². The van der Waals surface area contributed by atoms with E-state index in [0.29, 0.717) is 22.9 Å². The van der Waals surface area contributed by atoms with Gasteiger partial charge in [-0.2, -0.15) is 0 Å². The average Bonchev–Trinajstić information content (AvgIpc) is 2.47. The normalized spacial score (nSPS) is 9.81. The molecule has 110 valence electrons. The third-order valence-electron chi connectivity index (χ3n) is 2.76. The zero-order valence-corrected chi connectivity index (χ0v) is 11.7. The minimum atomic E-state index is -0.452. The topological polar surface area (TPSA) is 79.8 Å². The SMILES string of the molecule is COc1ccc(OC)c(NC(=O)Nc2cccc(O)c2)c1. The number of ether oxygens (including phenoxy) is 2. The van der Waals surface area contributed by atoms with E-state index in [2.05, 4.69) is 10.6 Å². The lowest BCUT2D eigenvalue weighted by molar-refractivity contribution is 0.262. The van der Waals surface area contributed by atoms with Gasteiger partial charge in [-0.3, -0.25) is 0 Å². The number of hydrogen-bond acceptors (Lipinski definition) is 4. The number of urea groups is 1. The van der Waals surface area contributed by atoms with Crippen LogP contribution in [0, 0.1) is 0 Å². The lowest BCUT2D eigenvalue weighted by Gasteiger charge is -2.12. The van der Waals surface area contributed by atoms with Crippen molar-refractivity contribution in [3.05, 3.63) is 42.5 Å². The first kappa shape index (κ1) is 14.5. The van der Waals surface area contributed by atoms with Crippen molar-refractivity contribution in [3.8, 4) is 17.2 Å². The first-order valence-electron chi connectivity index (χ1n) is 6.21. The zero-order chi connectivity index (χ0) is 15.2. The first-order chi connectivity index (χ1) is 10.1. The summed E-state index contributed by atoms with van der Waals surface area (Å²) >= 11 is 0. The Labute approximate surface area is 122 Å². The monoisotopic (exact) mass is 288 g/mol. The Bertz CT molecular complexity index is 643. The number of hydrogen-bond donors (Lipinski definition) is 3. The highest BCUT2D eigenvalue weighted by Gasteiger charge is 2.09. The third kappa shape index (κ3) is 3.79. The highest BCUT2D eigenvalue weighted by Crippen LogP contribution is 2.29. The Balaban J connectivity index is 2.12. The molecule has 3 N–H and O–H groups in total. The molecule has 0 aliphatic heterocycles. The molecule has 2 rings (SSSR count). The van der Waals surface area contributed by atoms with Crippen LogP contribution < -0.4 is 20.1 Å². The second kappa shape index (κ2) is 6.51. The summed E-state index contributed by atoms with van der Waals surface area (Å²) in [4.78, 5) is 12.0. The molecule has 0 saturated carbocycles. The van der Waals surface area contributed by atoms with Crippen LogP contribution in [0.15, 0.2) is 42.5 Å². The summed E-state index contributed by atoms with van der Waals surface area (Å²) in [6.45, 7) is 0. The Hall–Kier alpha value is -2.89. The Morgan fingerprint density at radius 1 is 1.05 bits per heavy atom. The Morgan fingerprint density at radius 2 is 1.86 bits per heavy atom. The number of amides is 2. The van der Waals surface area contributed by atoms with Gasteiger partial charge in [0, 0.05) is 17.8 Å². The molecule has 0 aliphatic carbocycles. The molecule has 6 nitrogen and oxygen atoms in total. The lowest BCUT2D eigenvalue weighted by Crippen LogP contribution is -2.19. The van der Waals surface area contributed by atoms with Crippen molar-refractivity contribution in [2.24, 2.45) is 0 Å². The summed E-state index contributed by atoms with van der Waals surface area (Å²) in [6, 6.07) is 10.9. The molecule has 0 spiro atoms. The van der Waals surface area contributed by atoms with E-state index in [1.807, 2.05) is 0 Å². The van der Waals surface area contributed by atoms with Gasteiger partial charge in [-0.1, -0.05) is 6.07 Å². The van der Waals surface area contributed by atoms with Crippen LogP contribution in [-0.4, -0.2) is 25.4 Å². The highest BCUT2D eigenvalue weighted by molar-refractivity contribution is 6.00. The van der Waals surface area contributed by atoms with Gasteiger partial charge < -0.3 is 25.2 Å². The number of phenols is 1. The maximum Gasteiger partial charge on any atom is 0.323 e. The Morgan fingerprint density at radius 3 is 2.52 bits per heavy atom. The van der Waals surface area contributed by atoms with E-state index in [0.717, 1.165) is 0 Å². The number of aromatic hydroxyl groups is 1. The molecule has 0 heterocycles. The summed E-state index contributed by atoms with van der Waals surface area (Å²) in [5, 5.41) is 14.6. The molecule has 0 bridgehead atoms. The number of phenolic OH excluding ortho intramolecular Hbond substituents is 1. The Kier molecular flexibility index (Phi) is 4.50. The van der Waals surface area contributed by atoms with Crippen LogP contribution >= 0.6 is 0 Å². The molecule has 0 aromatic heterocycles. The molecular weight excluding hydrogens is 272 g/mol. The summed E-state index contributed by atoms with van der Waals surface area (Å²) in [5.74, 6) is 1.19. The minimum Gasteiger partial charge on any atom is -0.508 e. The number of carbonyl (C=O) groups is 1. The average molecular weight is 288 g/mol. The number of benzene rings is 2. The largest absolute Gasteiger partial charge is 0.508 e. The van der Waals surface area contributed by atoms with E-state index in [1.54, 1.807) is 37.4 Å². The van der Waals surface area contributed by atoms with Crippen LogP contribution in [0.3, 0.4) is 0 Å². The number of methoxy groups -OCH3 is 2. The molecule has 0 radical (unpaired) electrons. The van der Waals surface area contributed by atoms with Crippen molar-refractivity contribution in [1.82, 2.24) is 0 Å². The van der Waals surface area contributed by atoms with E-state index in [9.17, 15) is 9.90 Å². The smallest absolute Gasteiger partial charge is 0.323 e. The molecular formula is C15H16N2O4. The summed E-state index contributed by atoms with van der Waals surface area (Å²) < 4.78 is 10.3. The third-order valence-corrected chi connectivity index (χ3v) is 2.76. The van der Waals surface area contributed by atoms with Crippen molar-refractivity contribution >= 4 is 17.4 Å². The second-order valence-corrected chi connectivity index (χ2v) is 4.20. The quantitative estimate of drug-likeness (QED) is 0.807. The van der Waals surface area contributed by atoms with Gasteiger partial charge in [0.25, 0.3) is 0 Å². The van der Waals surface area contributed by atoms with E-state index in [4.69, 9.17) is 9.47 Å². The lowest BCUT2D eigenvalue weighted by atomic mass is 10.2. The maximum atomic E-state index is 12.0. The van der Waals surface area contributed by atoms with Crippen molar-refractivity contribution < 1.29 is 19.4 Å². The predicted octanol–water partition coefficient (Wildman–Crippen LogP) is 3.05. The fraction of sp³-hybridized carbons (Fsp3) is 0.133. The van der Waals surface area contributed by atoms with E-state index in [-0.39, 0.29) is 5.75 Å². The molecule has 0 atom stereocenters. The van der Waals surface area contributed by atoms with E-state index in [1.165, 1.54) is 19.2 Å². The van der Waals surface area contributed by atoms with Crippen molar-refractivity contribution in [2.45, 2.75) is 0 Å². The first-order valence-corrected chi connectivity index (χ1v) is 6.21. The van der Waals surface area contributed by atoms with Gasteiger partial charge >= 0.3 is 6.03 Å². The molecule has 2 aromatic carbocycles. The summed E-state index contributed by atoms with van der Waals surface area (Å²) in [5.41, 5.74) is 0.962. The molecule has 0 unspecified atom stereocenters. The van der Waals surface area contributed by atoms with Crippen LogP contribution in [0.5, 0.6) is 17.2 Å². The fourth-order valence-corrected chi connectivity index (χ4v) is 1.78. The van der Waals surface area contributed by atoms with Gasteiger partial charge in [-0.25, -0.2) is 4.79 Å². The van der Waals surface area contributed by atoms with Crippen LogP contribution in [0.2, 0.25) is 0 Å². The number of nitrogens with one attached hydrogen (secondary N) is 2. The minimum absolute atomic E-state index is 0.0757. The fourth-order valence-electron chi connectivity index (χ4n) is 1.78. The molecule has 21 heavy (non-hydrogen) atoms. The van der Waals surface area contributed by atoms with Crippen molar-refractivity contribution in [3.63, 3.8) is 0 Å². The van der Waals surface area contributed by atoms with Gasteiger partial charge in [0.1, 0.15) is 17.2 Å². The van der Waals surface area contributed by atoms with Crippen LogP contribution in [-0.2, 0) is 0 Å². The van der Waals surface area contributed by atoms with E-state index >= 15 is 0 Å². The van der Waals surface area contributed by atoms with Crippen molar-refractivity contribution in [1.29, 1.82) is 0 Å². The van der Waals surface area contributed by atoms with Crippen LogP contribution in [0.25, 0.3) is 0 Å². The molecule has 2 amide bonds. The van der Waals surface area contributed by atoms with Gasteiger partial charge in [0.15, 0.2) is 0 Å². The van der Waals surface area contributed by atoms with Gasteiger partial charge in [-0.15, -0.1) is 0 Å². The summed E-state index contributed by atoms with van der Waals surface area (Å²) in [7, 11) is 3.05. The highest BCUT2D eigenvalue weighted by atomic mass is 16.5. The van der Waals surface area contributed by atoms with Crippen molar-refractivity contribution in [2.75, 3.05) is 24.9 Å². The second-order valence-electron chi connectivity index (χ2n) is 4.20. The molecule has 0 aliphatic rings. The summed E-state index contributed by atoms with van der Waals surface area (Å²) in [6.07, 6.45) is 0. The molecule has 2 aromatic rings. The molecule has 0 fully saturated rings. The number of anilines is 2. The number of carbonyl (C=O) groups excluding carboxylic acids is 1. The standard InChI is InChI=1S/C15H16N2O4/c1-20-12-6-7-14(21-2)13(9-12)17-15(19)16-10-4-3-5-11(18)8-10/h3-9,18H,1-2H3,(H2,16,17,19). The van der Waals surface area contributed by atoms with Crippen LogP contribution in [0.4, 0.5) is 16.2 Å². The molecule has 0 saturated heterocycles. The zero-order valence-electron chi connectivity index (χ0n) is 11.7. The van der Waals surface area contributed by atoms with Gasteiger partial charge in [0.05, 0.1) is 19.9 Å². The maximum absolute atomic E-state index is 12.0. The molecule has 6 heteroatoms. The number of rotatable bonds is 4. The predicted molar refractivity (Wildman–Crippen MR) is 80.3 cm³/mol. The van der Waals surface area contributed by atoms with Gasteiger partial charge in [0.2, 0.25) is 0 Å². The van der Waals surface area contributed by atoms with Gasteiger partial charge in [-0.05, 0) is 24.3 Å². The van der Waals surface area contributed by atoms with E-state index < -0.39 is 6.03 Å².